The molecule has 3 aromatic heterocycles. The lowest BCUT2D eigenvalue weighted by Crippen LogP contribution is -2.30. The summed E-state index contributed by atoms with van der Waals surface area (Å²) in [5.74, 6) is 0. The lowest BCUT2D eigenvalue weighted by atomic mass is 10.1. The maximum Gasteiger partial charge on any atom is 0.243 e. The second-order valence-corrected chi connectivity index (χ2v) is 11.2. The Morgan fingerprint density at radius 3 is 1.16 bits per heavy atom. The molecule has 0 bridgehead atoms. The Balaban J connectivity index is 1.06. The van der Waals surface area contributed by atoms with E-state index < -0.39 is 0 Å². The number of nitrogens with zero attached hydrogens (tertiary/aromatic N) is 6. The number of unbranched alkanes of at least 4 members (excludes halogenated alkanes) is 14. The van der Waals surface area contributed by atoms with Crippen molar-refractivity contribution in [2.75, 3.05) is 0 Å². The molecule has 0 aliphatic rings. The van der Waals surface area contributed by atoms with Gasteiger partial charge in [0.1, 0.15) is 37.2 Å². The van der Waals surface area contributed by atoms with Gasteiger partial charge in [-0.25, -0.2) is 27.4 Å². The fourth-order valence-corrected chi connectivity index (χ4v) is 5.27. The molecule has 0 aliphatic carbocycles. The van der Waals surface area contributed by atoms with Gasteiger partial charge in [-0.15, -0.1) is 0 Å². The maximum absolute atomic E-state index is 2.38. The third-order valence-corrected chi connectivity index (χ3v) is 7.56. The van der Waals surface area contributed by atoms with Gasteiger partial charge in [0, 0.05) is 0 Å². The number of rotatable bonds is 22. The predicted octanol–water partition coefficient (Wildman–Crippen LogP) is 5.67. The van der Waals surface area contributed by atoms with Gasteiger partial charge in [0.2, 0.25) is 19.0 Å². The molecule has 6 heteroatoms. The van der Waals surface area contributed by atoms with Gasteiger partial charge < -0.3 is 0 Å². The summed E-state index contributed by atoms with van der Waals surface area (Å²) in [5.41, 5.74) is 0. The van der Waals surface area contributed by atoms with Crippen molar-refractivity contribution >= 4 is 0 Å². The van der Waals surface area contributed by atoms with Gasteiger partial charge in [-0.2, -0.15) is 0 Å². The molecule has 0 unspecified atom stereocenters. The number of aryl methyl sites for hydroxylation is 6. The molecule has 0 saturated carbocycles. The highest BCUT2D eigenvalue weighted by Crippen LogP contribution is 2.11. The SMILES string of the molecule is C[n+]1ccn(CCCCCCCCCCn2cc[n+](CCCCCCCCCCn3cc[n+](C)c3)c2)c1. The minimum absolute atomic E-state index is 1.16. The van der Waals surface area contributed by atoms with Crippen molar-refractivity contribution in [2.24, 2.45) is 14.1 Å². The molecular weight excluding hydrogens is 456 g/mol. The number of hydrogen-bond acceptors (Lipinski definition) is 0. The second kappa shape index (κ2) is 18.0. The van der Waals surface area contributed by atoms with Crippen molar-refractivity contribution in [3.8, 4) is 0 Å². The molecule has 0 atom stereocenters. The zero-order valence-corrected chi connectivity index (χ0v) is 24.0. The third-order valence-electron chi connectivity index (χ3n) is 7.56. The smallest absolute Gasteiger partial charge is 0.240 e. The van der Waals surface area contributed by atoms with E-state index in [9.17, 15) is 0 Å². The standard InChI is InChI=1S/C31H55N6/c1-32-23-25-34(29-32)19-15-11-7-3-5-9-13-17-21-36-27-28-37(31-36)22-18-14-10-6-4-8-12-16-20-35-26-24-33(2)30-35/h23-31H,3-22H2,1-2H3/q+3. The largest absolute Gasteiger partial charge is 0.243 e. The first-order chi connectivity index (χ1) is 18.2. The van der Waals surface area contributed by atoms with Gasteiger partial charge in [0.25, 0.3) is 0 Å². The van der Waals surface area contributed by atoms with Gasteiger partial charge in [0.15, 0.2) is 0 Å². The molecule has 3 heterocycles. The average molecular weight is 512 g/mol. The number of hydrogen-bond donors (Lipinski definition) is 0. The first kappa shape index (κ1) is 29.2. The fraction of sp³-hybridized carbons (Fsp3) is 0.710. The van der Waals surface area contributed by atoms with E-state index in [1.54, 1.807) is 0 Å². The molecule has 0 N–H and O–H groups in total. The highest BCUT2D eigenvalue weighted by Gasteiger charge is 2.04. The molecule has 6 nitrogen and oxygen atoms in total. The monoisotopic (exact) mass is 511 g/mol. The van der Waals surface area contributed by atoms with Crippen molar-refractivity contribution in [3.05, 3.63) is 56.2 Å². The summed E-state index contributed by atoms with van der Waals surface area (Å²) in [5, 5.41) is 0. The second-order valence-electron chi connectivity index (χ2n) is 11.2. The Bertz CT molecular complexity index is 878. The van der Waals surface area contributed by atoms with Crippen LogP contribution < -0.4 is 13.7 Å². The van der Waals surface area contributed by atoms with Gasteiger partial charge in [-0.05, 0) is 51.4 Å². The van der Waals surface area contributed by atoms with Gasteiger partial charge in [0.05, 0.1) is 40.3 Å². The zero-order valence-electron chi connectivity index (χ0n) is 24.0. The summed E-state index contributed by atoms with van der Waals surface area (Å²) < 4.78 is 13.6. The molecule has 0 aliphatic heterocycles. The highest BCUT2D eigenvalue weighted by atomic mass is 15.1. The Hall–Kier alpha value is -2.37. The molecule has 0 radical (unpaired) electrons. The van der Waals surface area contributed by atoms with E-state index in [-0.39, 0.29) is 0 Å². The van der Waals surface area contributed by atoms with Crippen molar-refractivity contribution in [1.29, 1.82) is 0 Å². The van der Waals surface area contributed by atoms with Crippen LogP contribution in [0, 0.1) is 0 Å². The van der Waals surface area contributed by atoms with E-state index in [4.69, 9.17) is 0 Å². The van der Waals surface area contributed by atoms with Crippen LogP contribution in [0.4, 0.5) is 0 Å². The van der Waals surface area contributed by atoms with E-state index in [1.807, 2.05) is 0 Å². The van der Waals surface area contributed by atoms with Crippen LogP contribution in [-0.4, -0.2) is 13.7 Å². The first-order valence-corrected chi connectivity index (χ1v) is 15.3. The number of imidazole rings is 3. The number of aromatic nitrogens is 6. The molecule has 0 amide bonds. The summed E-state index contributed by atoms with van der Waals surface area (Å²) in [6.07, 6.45) is 41.6. The molecule has 0 saturated heterocycles. The molecule has 3 rings (SSSR count). The Kier molecular flexibility index (Phi) is 14.2. The molecule has 0 aromatic carbocycles. The van der Waals surface area contributed by atoms with Crippen molar-refractivity contribution in [2.45, 2.75) is 129 Å². The Morgan fingerprint density at radius 1 is 0.405 bits per heavy atom. The van der Waals surface area contributed by atoms with Crippen LogP contribution in [0.15, 0.2) is 56.2 Å². The molecule has 37 heavy (non-hydrogen) atoms. The summed E-state index contributed by atoms with van der Waals surface area (Å²) in [6, 6.07) is 0. The molecule has 0 spiro atoms. The van der Waals surface area contributed by atoms with Gasteiger partial charge >= 0.3 is 0 Å². The molecule has 3 aromatic rings. The average Bonchev–Trinajstić information content (AvgIpc) is 3.63. The van der Waals surface area contributed by atoms with Crippen LogP contribution in [0.1, 0.15) is 103 Å². The van der Waals surface area contributed by atoms with Crippen LogP contribution >= 0.6 is 0 Å². The zero-order chi connectivity index (χ0) is 26.0. The topological polar surface area (TPSA) is 26.4 Å². The van der Waals surface area contributed by atoms with Crippen molar-refractivity contribution < 1.29 is 13.7 Å². The van der Waals surface area contributed by atoms with E-state index in [0.717, 1.165) is 13.1 Å². The van der Waals surface area contributed by atoms with Crippen LogP contribution in [0.25, 0.3) is 0 Å². The Labute approximate surface area is 226 Å². The minimum atomic E-state index is 1.16. The maximum atomic E-state index is 2.38. The normalized spacial score (nSPS) is 11.5. The summed E-state index contributed by atoms with van der Waals surface area (Å²) in [4.78, 5) is 0. The van der Waals surface area contributed by atoms with E-state index in [0.29, 0.717) is 0 Å². The lowest BCUT2D eigenvalue weighted by molar-refractivity contribution is -0.696. The molecular formula is C31H55N6+3. The van der Waals surface area contributed by atoms with E-state index in [1.165, 1.54) is 116 Å². The van der Waals surface area contributed by atoms with Gasteiger partial charge in [-0.1, -0.05) is 51.4 Å². The Morgan fingerprint density at radius 2 is 0.757 bits per heavy atom. The quantitative estimate of drug-likeness (QED) is 0.123. The summed E-state index contributed by atoms with van der Waals surface area (Å²) in [6.45, 7) is 4.66. The first-order valence-electron chi connectivity index (χ1n) is 15.3. The fourth-order valence-electron chi connectivity index (χ4n) is 5.27. The van der Waals surface area contributed by atoms with Crippen LogP contribution in [0.3, 0.4) is 0 Å². The summed E-state index contributed by atoms with van der Waals surface area (Å²) >= 11 is 0. The van der Waals surface area contributed by atoms with Crippen molar-refractivity contribution in [3.63, 3.8) is 0 Å². The molecule has 206 valence electrons. The van der Waals surface area contributed by atoms with Crippen LogP contribution in [0.2, 0.25) is 0 Å². The molecule has 0 fully saturated rings. The van der Waals surface area contributed by atoms with Crippen LogP contribution in [-0.2, 0) is 40.3 Å². The third kappa shape index (κ3) is 13.1. The van der Waals surface area contributed by atoms with Crippen molar-refractivity contribution in [1.82, 2.24) is 13.7 Å². The van der Waals surface area contributed by atoms with E-state index >= 15 is 0 Å². The van der Waals surface area contributed by atoms with E-state index in [2.05, 4.69) is 97.7 Å². The predicted molar refractivity (Wildman–Crippen MR) is 150 cm³/mol. The van der Waals surface area contributed by atoms with Gasteiger partial charge in [-0.3, -0.25) is 0 Å². The van der Waals surface area contributed by atoms with Crippen LogP contribution in [0.5, 0.6) is 0 Å². The minimum Gasteiger partial charge on any atom is -0.240 e. The lowest BCUT2D eigenvalue weighted by Gasteiger charge is -2.02. The highest BCUT2D eigenvalue weighted by molar-refractivity contribution is 4.67. The summed E-state index contributed by atoms with van der Waals surface area (Å²) in [7, 11) is 4.17.